The van der Waals surface area contributed by atoms with Gasteiger partial charge < -0.3 is 4.74 Å². The molecule has 1 aromatic carbocycles. The van der Waals surface area contributed by atoms with Crippen LogP contribution in [0.3, 0.4) is 0 Å². The Kier molecular flexibility index (Phi) is 5.95. The Hall–Kier alpha value is -3.29. The van der Waals surface area contributed by atoms with Crippen molar-refractivity contribution in [2.45, 2.75) is 13.3 Å². The van der Waals surface area contributed by atoms with Crippen molar-refractivity contribution in [1.82, 2.24) is 4.98 Å². The fourth-order valence-corrected chi connectivity index (χ4v) is 1.94. The topological polar surface area (TPSA) is 107 Å². The molecule has 0 fully saturated rings. The zero-order chi connectivity index (χ0) is 17.4. The van der Waals surface area contributed by atoms with E-state index < -0.39 is 10.9 Å². The third kappa shape index (κ3) is 4.60. The minimum absolute atomic E-state index is 0.000194. The molecule has 0 spiro atoms. The Bertz CT molecular complexity index is 747. The molecule has 2 aromatic rings. The summed E-state index contributed by atoms with van der Waals surface area (Å²) in [7, 11) is 0. The number of benzene rings is 1. The highest BCUT2D eigenvalue weighted by Gasteiger charge is 2.15. The van der Waals surface area contributed by atoms with E-state index in [0.717, 1.165) is 0 Å². The quantitative estimate of drug-likeness (QED) is 0.362. The zero-order valence-corrected chi connectivity index (χ0v) is 13.0. The lowest BCUT2D eigenvalue weighted by Gasteiger charge is -2.08. The smallest absolute Gasteiger partial charge is 0.313 e. The summed E-state index contributed by atoms with van der Waals surface area (Å²) in [6.45, 7) is 1.98. The minimum Gasteiger partial charge on any atom is -0.466 e. The zero-order valence-electron chi connectivity index (χ0n) is 13.0. The Morgan fingerprint density at radius 2 is 2.04 bits per heavy atom. The van der Waals surface area contributed by atoms with Crippen molar-refractivity contribution in [3.8, 4) is 0 Å². The predicted molar refractivity (Wildman–Crippen MR) is 88.7 cm³/mol. The molecule has 0 aliphatic rings. The van der Waals surface area contributed by atoms with E-state index in [2.05, 4.69) is 15.5 Å². The maximum atomic E-state index is 11.8. The molecule has 1 N–H and O–H groups in total. The normalized spacial score (nSPS) is 11.0. The highest BCUT2D eigenvalue weighted by molar-refractivity contribution is 6.09. The number of anilines is 1. The van der Waals surface area contributed by atoms with Crippen LogP contribution < -0.4 is 5.43 Å². The van der Waals surface area contributed by atoms with Gasteiger partial charge in [-0.25, -0.2) is 4.98 Å². The summed E-state index contributed by atoms with van der Waals surface area (Å²) in [5, 5.41) is 15.1. The van der Waals surface area contributed by atoms with Crippen molar-refractivity contribution >= 4 is 23.2 Å². The summed E-state index contributed by atoms with van der Waals surface area (Å²) in [6, 6.07) is 11.8. The van der Waals surface area contributed by atoms with Crippen LogP contribution in [0.25, 0.3) is 0 Å². The van der Waals surface area contributed by atoms with Gasteiger partial charge in [-0.2, -0.15) is 5.10 Å². The molecule has 2 rings (SSSR count). The molecular weight excluding hydrogens is 312 g/mol. The maximum absolute atomic E-state index is 11.8. The minimum atomic E-state index is -0.557. The molecule has 0 aliphatic carbocycles. The van der Waals surface area contributed by atoms with Gasteiger partial charge in [0.15, 0.2) is 0 Å². The molecule has 0 saturated heterocycles. The van der Waals surface area contributed by atoms with Gasteiger partial charge in [0.25, 0.3) is 0 Å². The first-order valence-electron chi connectivity index (χ1n) is 7.24. The second-order valence-electron chi connectivity index (χ2n) is 4.65. The number of hydrogen-bond donors (Lipinski definition) is 1. The van der Waals surface area contributed by atoms with Gasteiger partial charge in [0.2, 0.25) is 5.82 Å². The highest BCUT2D eigenvalue weighted by atomic mass is 16.6. The molecule has 8 nitrogen and oxygen atoms in total. The second kappa shape index (κ2) is 8.37. The van der Waals surface area contributed by atoms with Crippen LogP contribution in [0.4, 0.5) is 11.5 Å². The molecule has 0 unspecified atom stereocenters. The van der Waals surface area contributed by atoms with Crippen LogP contribution in [-0.2, 0) is 9.53 Å². The molecular formula is C16H16N4O4. The van der Waals surface area contributed by atoms with Crippen molar-refractivity contribution in [3.05, 3.63) is 64.3 Å². The van der Waals surface area contributed by atoms with Crippen LogP contribution in [0.15, 0.2) is 53.8 Å². The monoisotopic (exact) mass is 328 g/mol. The van der Waals surface area contributed by atoms with Gasteiger partial charge in [0.1, 0.15) is 0 Å². The van der Waals surface area contributed by atoms with Crippen molar-refractivity contribution < 1.29 is 14.5 Å². The summed E-state index contributed by atoms with van der Waals surface area (Å²) in [4.78, 5) is 26.1. The number of carbonyl (C=O) groups excluding carboxylic acids is 1. The molecule has 0 saturated carbocycles. The number of ether oxygens (including phenoxy) is 1. The molecule has 1 heterocycles. The third-order valence-electron chi connectivity index (χ3n) is 3.00. The number of nitrogens with one attached hydrogen (secondary N) is 1. The number of aromatic nitrogens is 1. The van der Waals surface area contributed by atoms with E-state index in [1.165, 1.54) is 18.3 Å². The maximum Gasteiger partial charge on any atom is 0.313 e. The number of hydrogen-bond acceptors (Lipinski definition) is 7. The number of nitrogens with zero attached hydrogens (tertiary/aromatic N) is 3. The average molecular weight is 328 g/mol. The summed E-state index contributed by atoms with van der Waals surface area (Å²) >= 11 is 0. The number of pyridine rings is 1. The lowest BCUT2D eigenvalue weighted by atomic mass is 10.1. The Morgan fingerprint density at radius 3 is 2.71 bits per heavy atom. The van der Waals surface area contributed by atoms with Gasteiger partial charge >= 0.3 is 11.7 Å². The van der Waals surface area contributed by atoms with Crippen molar-refractivity contribution in [1.29, 1.82) is 0 Å². The van der Waals surface area contributed by atoms with Gasteiger partial charge in [0.05, 0.1) is 23.7 Å². The van der Waals surface area contributed by atoms with Crippen LogP contribution in [0.2, 0.25) is 0 Å². The van der Waals surface area contributed by atoms with Crippen LogP contribution in [0.1, 0.15) is 18.9 Å². The first-order chi connectivity index (χ1) is 11.6. The van der Waals surface area contributed by atoms with Crippen molar-refractivity contribution in [3.63, 3.8) is 0 Å². The van der Waals surface area contributed by atoms with E-state index in [1.54, 1.807) is 31.2 Å². The number of carbonyl (C=O) groups is 1. The molecule has 1 aromatic heterocycles. The molecule has 0 aliphatic heterocycles. The summed E-state index contributed by atoms with van der Waals surface area (Å²) in [6.07, 6.45) is 1.35. The fourth-order valence-electron chi connectivity index (χ4n) is 1.94. The second-order valence-corrected chi connectivity index (χ2v) is 4.65. The molecule has 0 radical (unpaired) electrons. The molecule has 124 valence electrons. The van der Waals surface area contributed by atoms with E-state index in [4.69, 9.17) is 4.74 Å². The van der Waals surface area contributed by atoms with Crippen molar-refractivity contribution in [2.75, 3.05) is 12.0 Å². The summed E-state index contributed by atoms with van der Waals surface area (Å²) in [5.41, 5.74) is 3.47. The number of esters is 1. The summed E-state index contributed by atoms with van der Waals surface area (Å²) in [5.74, 6) is -0.433. The van der Waals surface area contributed by atoms with Crippen LogP contribution in [0.5, 0.6) is 0 Å². The van der Waals surface area contributed by atoms with Gasteiger partial charge in [-0.1, -0.05) is 30.3 Å². The van der Waals surface area contributed by atoms with E-state index in [0.29, 0.717) is 11.3 Å². The lowest BCUT2D eigenvalue weighted by Crippen LogP contribution is -2.14. The Labute approximate surface area is 138 Å². The number of nitro groups is 1. The SMILES string of the molecule is CCOC(=O)C/C(=N\Nc1ncccc1[N+](=O)[O-])c1ccccc1. The molecule has 0 atom stereocenters. The number of hydrazone groups is 1. The van der Waals surface area contributed by atoms with E-state index in [-0.39, 0.29) is 24.5 Å². The largest absolute Gasteiger partial charge is 0.466 e. The van der Waals surface area contributed by atoms with Crippen LogP contribution in [-0.4, -0.2) is 28.2 Å². The standard InChI is InChI=1S/C16H16N4O4/c1-2-24-15(21)11-13(12-7-4-3-5-8-12)18-19-16-14(20(22)23)9-6-10-17-16/h3-10H,2,11H2,1H3,(H,17,19)/b18-13+. The number of rotatable bonds is 7. The van der Waals surface area contributed by atoms with Crippen LogP contribution in [0, 0.1) is 10.1 Å². The Balaban J connectivity index is 2.28. The van der Waals surface area contributed by atoms with Crippen molar-refractivity contribution in [2.24, 2.45) is 5.10 Å². The van der Waals surface area contributed by atoms with E-state index >= 15 is 0 Å². The van der Waals surface area contributed by atoms with Gasteiger partial charge in [-0.05, 0) is 18.6 Å². The molecule has 0 amide bonds. The van der Waals surface area contributed by atoms with Gasteiger partial charge in [0, 0.05) is 12.3 Å². The van der Waals surface area contributed by atoms with Crippen LogP contribution >= 0.6 is 0 Å². The average Bonchev–Trinajstić information content (AvgIpc) is 2.59. The Morgan fingerprint density at radius 1 is 1.29 bits per heavy atom. The van der Waals surface area contributed by atoms with Gasteiger partial charge in [-0.3, -0.25) is 20.3 Å². The van der Waals surface area contributed by atoms with E-state index in [1.807, 2.05) is 6.07 Å². The summed E-state index contributed by atoms with van der Waals surface area (Å²) < 4.78 is 4.94. The lowest BCUT2D eigenvalue weighted by molar-refractivity contribution is -0.384. The molecule has 8 heteroatoms. The first-order valence-corrected chi connectivity index (χ1v) is 7.24. The molecule has 24 heavy (non-hydrogen) atoms. The van der Waals surface area contributed by atoms with Gasteiger partial charge in [-0.15, -0.1) is 0 Å². The van der Waals surface area contributed by atoms with E-state index in [9.17, 15) is 14.9 Å². The highest BCUT2D eigenvalue weighted by Crippen LogP contribution is 2.20. The third-order valence-corrected chi connectivity index (χ3v) is 3.00. The predicted octanol–water partition coefficient (Wildman–Crippen LogP) is 2.76. The molecule has 0 bridgehead atoms. The fraction of sp³-hybridized carbons (Fsp3) is 0.188. The first kappa shape index (κ1) is 17.1.